The van der Waals surface area contributed by atoms with Crippen LogP contribution in [0, 0.1) is 0 Å². The number of hydrogen-bond donors (Lipinski definition) is 1. The minimum absolute atomic E-state index is 0.0179. The summed E-state index contributed by atoms with van der Waals surface area (Å²) < 4.78 is 5.72. The van der Waals surface area contributed by atoms with Crippen molar-refractivity contribution in [2.24, 2.45) is 0 Å². The molecule has 146 valence electrons. The molecule has 0 aromatic heterocycles. The molecule has 0 saturated heterocycles. The van der Waals surface area contributed by atoms with Gasteiger partial charge in [0.25, 0.3) is 0 Å². The van der Waals surface area contributed by atoms with E-state index in [1.54, 1.807) is 0 Å². The van der Waals surface area contributed by atoms with E-state index in [1.165, 1.54) is 11.3 Å². The normalized spacial score (nSPS) is 10.7. The van der Waals surface area contributed by atoms with Gasteiger partial charge in [-0.05, 0) is 68.1 Å². The average Bonchev–Trinajstić information content (AvgIpc) is 2.68. The first kappa shape index (κ1) is 20.8. The van der Waals surface area contributed by atoms with Crippen molar-refractivity contribution in [2.45, 2.75) is 46.5 Å². The van der Waals surface area contributed by atoms with Crippen LogP contribution in [-0.2, 0) is 4.79 Å². The van der Waals surface area contributed by atoms with Crippen molar-refractivity contribution < 1.29 is 9.53 Å². The lowest BCUT2D eigenvalue weighted by molar-refractivity contribution is -0.116. The molecule has 2 rings (SSSR count). The van der Waals surface area contributed by atoms with Crippen LogP contribution in [0.5, 0.6) is 5.75 Å². The maximum absolute atomic E-state index is 12.1. The molecular formula is C23H32N2O2. The largest absolute Gasteiger partial charge is 0.494 e. The minimum Gasteiger partial charge on any atom is -0.494 e. The van der Waals surface area contributed by atoms with Crippen LogP contribution in [0.4, 0.5) is 11.4 Å². The standard InChI is InChI=1S/C23H32N2O2/c1-5-25(6-2)21-13-11-20(12-14-21)24-23(26)8-7-17-27-22-15-9-19(10-16-22)18(3)4/h9-16,18H,5-8,17H2,1-4H3,(H,24,26). The maximum atomic E-state index is 12.1. The van der Waals surface area contributed by atoms with Crippen molar-refractivity contribution in [3.05, 3.63) is 54.1 Å². The third kappa shape index (κ3) is 6.63. The van der Waals surface area contributed by atoms with E-state index in [1.807, 2.05) is 36.4 Å². The topological polar surface area (TPSA) is 41.6 Å². The van der Waals surface area contributed by atoms with Gasteiger partial charge in [0, 0.05) is 30.9 Å². The van der Waals surface area contributed by atoms with E-state index in [9.17, 15) is 4.79 Å². The number of amides is 1. The van der Waals surface area contributed by atoms with Crippen LogP contribution in [0.2, 0.25) is 0 Å². The zero-order chi connectivity index (χ0) is 19.6. The zero-order valence-corrected chi connectivity index (χ0v) is 17.0. The number of carbonyl (C=O) groups excluding carboxylic acids is 1. The van der Waals surface area contributed by atoms with Gasteiger partial charge in [0.05, 0.1) is 6.61 Å². The highest BCUT2D eigenvalue weighted by atomic mass is 16.5. The number of benzene rings is 2. The Morgan fingerprint density at radius 2 is 1.63 bits per heavy atom. The fraction of sp³-hybridized carbons (Fsp3) is 0.435. The van der Waals surface area contributed by atoms with E-state index in [2.05, 4.69) is 50.0 Å². The summed E-state index contributed by atoms with van der Waals surface area (Å²) in [7, 11) is 0. The van der Waals surface area contributed by atoms with Crippen LogP contribution in [-0.4, -0.2) is 25.6 Å². The Hall–Kier alpha value is -2.49. The van der Waals surface area contributed by atoms with Crippen molar-refractivity contribution in [1.29, 1.82) is 0 Å². The maximum Gasteiger partial charge on any atom is 0.224 e. The second-order valence-corrected chi connectivity index (χ2v) is 6.94. The summed E-state index contributed by atoms with van der Waals surface area (Å²) in [4.78, 5) is 14.4. The highest BCUT2D eigenvalue weighted by molar-refractivity contribution is 5.90. The van der Waals surface area contributed by atoms with E-state index in [0.717, 1.165) is 24.5 Å². The quantitative estimate of drug-likeness (QED) is 0.567. The van der Waals surface area contributed by atoms with Crippen LogP contribution in [0.1, 0.15) is 52.0 Å². The molecule has 0 saturated carbocycles. The van der Waals surface area contributed by atoms with Crippen LogP contribution < -0.4 is 15.0 Å². The summed E-state index contributed by atoms with van der Waals surface area (Å²) in [6, 6.07) is 16.2. The molecule has 2 aromatic rings. The number of hydrogen-bond acceptors (Lipinski definition) is 3. The lowest BCUT2D eigenvalue weighted by Gasteiger charge is -2.21. The van der Waals surface area contributed by atoms with E-state index >= 15 is 0 Å². The Kier molecular flexibility index (Phi) is 8.18. The molecule has 0 aliphatic heterocycles. The molecule has 0 heterocycles. The van der Waals surface area contributed by atoms with E-state index in [-0.39, 0.29) is 5.91 Å². The third-order valence-electron chi connectivity index (χ3n) is 4.64. The molecule has 0 radical (unpaired) electrons. The molecule has 1 amide bonds. The van der Waals surface area contributed by atoms with Gasteiger partial charge in [-0.25, -0.2) is 0 Å². The molecule has 1 N–H and O–H groups in total. The van der Waals surface area contributed by atoms with Gasteiger partial charge in [-0.15, -0.1) is 0 Å². The molecule has 0 aliphatic carbocycles. The third-order valence-corrected chi connectivity index (χ3v) is 4.64. The zero-order valence-electron chi connectivity index (χ0n) is 17.0. The second kappa shape index (κ2) is 10.6. The first-order chi connectivity index (χ1) is 13.0. The van der Waals surface area contributed by atoms with Gasteiger partial charge in [0.1, 0.15) is 5.75 Å². The summed E-state index contributed by atoms with van der Waals surface area (Å²) in [6.45, 7) is 11.1. The average molecular weight is 369 g/mol. The van der Waals surface area contributed by atoms with Crippen molar-refractivity contribution >= 4 is 17.3 Å². The van der Waals surface area contributed by atoms with E-state index < -0.39 is 0 Å². The molecule has 2 aromatic carbocycles. The summed E-state index contributed by atoms with van der Waals surface area (Å²) in [5, 5.41) is 2.95. The molecule has 0 unspecified atom stereocenters. The summed E-state index contributed by atoms with van der Waals surface area (Å²) in [5.74, 6) is 1.39. The predicted octanol–water partition coefficient (Wildman–Crippen LogP) is 5.45. The molecule has 4 heteroatoms. The Labute approximate surface area is 163 Å². The summed E-state index contributed by atoms with van der Waals surface area (Å²) in [6.07, 6.45) is 1.14. The number of nitrogens with one attached hydrogen (secondary N) is 1. The van der Waals surface area contributed by atoms with Crippen LogP contribution >= 0.6 is 0 Å². The van der Waals surface area contributed by atoms with Gasteiger partial charge < -0.3 is 15.0 Å². The number of rotatable bonds is 10. The van der Waals surface area contributed by atoms with Crippen molar-refractivity contribution in [3.8, 4) is 5.75 Å². The molecule has 0 bridgehead atoms. The van der Waals surface area contributed by atoms with Crippen molar-refractivity contribution in [3.63, 3.8) is 0 Å². The van der Waals surface area contributed by atoms with E-state index in [4.69, 9.17) is 4.74 Å². The predicted molar refractivity (Wildman–Crippen MR) is 114 cm³/mol. The number of ether oxygens (including phenoxy) is 1. The Morgan fingerprint density at radius 3 is 2.19 bits per heavy atom. The van der Waals surface area contributed by atoms with Gasteiger partial charge in [0.2, 0.25) is 5.91 Å². The smallest absolute Gasteiger partial charge is 0.224 e. The fourth-order valence-corrected chi connectivity index (χ4v) is 2.94. The molecule has 0 fully saturated rings. The van der Waals surface area contributed by atoms with E-state index in [0.29, 0.717) is 25.4 Å². The molecule has 0 aliphatic rings. The molecule has 27 heavy (non-hydrogen) atoms. The van der Waals surface area contributed by atoms with Crippen molar-refractivity contribution in [2.75, 3.05) is 29.9 Å². The molecule has 0 spiro atoms. The molecule has 4 nitrogen and oxygen atoms in total. The second-order valence-electron chi connectivity index (χ2n) is 6.94. The fourth-order valence-electron chi connectivity index (χ4n) is 2.94. The monoisotopic (exact) mass is 368 g/mol. The van der Waals surface area contributed by atoms with Crippen LogP contribution in [0.15, 0.2) is 48.5 Å². The van der Waals surface area contributed by atoms with Gasteiger partial charge in [0.15, 0.2) is 0 Å². The lowest BCUT2D eigenvalue weighted by Crippen LogP contribution is -2.21. The summed E-state index contributed by atoms with van der Waals surface area (Å²) in [5.41, 5.74) is 3.31. The Bertz CT molecular complexity index is 689. The number of nitrogens with zero attached hydrogens (tertiary/aromatic N) is 1. The highest BCUT2D eigenvalue weighted by Gasteiger charge is 2.05. The van der Waals surface area contributed by atoms with Gasteiger partial charge in [-0.1, -0.05) is 26.0 Å². The summed E-state index contributed by atoms with van der Waals surface area (Å²) >= 11 is 0. The van der Waals surface area contributed by atoms with Crippen LogP contribution in [0.3, 0.4) is 0 Å². The van der Waals surface area contributed by atoms with Gasteiger partial charge >= 0.3 is 0 Å². The molecule has 0 atom stereocenters. The first-order valence-electron chi connectivity index (χ1n) is 9.91. The lowest BCUT2D eigenvalue weighted by atomic mass is 10.0. The number of anilines is 2. The van der Waals surface area contributed by atoms with Gasteiger partial charge in [-0.2, -0.15) is 0 Å². The SMILES string of the molecule is CCN(CC)c1ccc(NC(=O)CCCOc2ccc(C(C)C)cc2)cc1. The number of carbonyl (C=O) groups is 1. The highest BCUT2D eigenvalue weighted by Crippen LogP contribution is 2.19. The van der Waals surface area contributed by atoms with Gasteiger partial charge in [-0.3, -0.25) is 4.79 Å². The first-order valence-corrected chi connectivity index (χ1v) is 9.91. The minimum atomic E-state index is 0.0179. The van der Waals surface area contributed by atoms with Crippen LogP contribution in [0.25, 0.3) is 0 Å². The molecular weight excluding hydrogens is 336 g/mol. The Morgan fingerprint density at radius 1 is 1.00 bits per heavy atom. The Balaban J connectivity index is 1.71. The van der Waals surface area contributed by atoms with Crippen molar-refractivity contribution in [1.82, 2.24) is 0 Å².